The number of carbonyl (C=O) groups is 1. The molecule has 0 amide bonds. The van der Waals surface area contributed by atoms with Crippen molar-refractivity contribution < 1.29 is 59.8 Å². The molecule has 3 heterocycles. The first-order valence-electron chi connectivity index (χ1n) is 17.4. The fraction of sp³-hybridized carbons (Fsp3) is 0.324. The number of imidazole rings is 1. The maximum absolute atomic E-state index is 12.9. The Morgan fingerprint density at radius 1 is 0.950 bits per heavy atom. The number of aromatic hydroxyl groups is 1. The SMILES string of the molecule is CCN(CCO)CCn1c(Cc2ccccc2)nc2c1c(=O)n(C)c(=O)n2C.Cc1nc(N=Nc2ccc(S(=O)(=O)O)cc2S(=O)(=O)O)c(COP(=O)(O)O)c(C=O)c1O. The quantitative estimate of drug-likeness (QED) is 0.0356. The smallest absolute Gasteiger partial charge is 0.469 e. The molecule has 0 radical (unpaired) electrons. The molecule has 5 aromatic rings. The third-order valence-electron chi connectivity index (χ3n) is 8.86. The largest absolute Gasteiger partial charge is 0.505 e. The lowest BCUT2D eigenvalue weighted by molar-refractivity contribution is 0.111. The molecule has 0 unspecified atom stereocenters. The second kappa shape index (κ2) is 19.4. The van der Waals surface area contributed by atoms with Crippen molar-refractivity contribution in [2.75, 3.05) is 26.2 Å². The Hall–Kier alpha value is -5.34. The summed E-state index contributed by atoms with van der Waals surface area (Å²) in [6, 6.07) is 11.9. The number of phosphoric ester groups is 1. The van der Waals surface area contributed by atoms with Crippen LogP contribution in [0, 0.1) is 6.92 Å². The molecule has 5 rings (SSSR count). The molecule has 2 aromatic carbocycles. The van der Waals surface area contributed by atoms with Crippen molar-refractivity contribution in [3.8, 4) is 5.75 Å². The van der Waals surface area contributed by atoms with E-state index < -0.39 is 72.8 Å². The number of pyridine rings is 1. The third kappa shape index (κ3) is 11.5. The zero-order valence-electron chi connectivity index (χ0n) is 32.3. The van der Waals surface area contributed by atoms with Crippen LogP contribution in [0.3, 0.4) is 0 Å². The Kier molecular flexibility index (Phi) is 15.3. The molecule has 0 aliphatic heterocycles. The molecule has 0 saturated carbocycles. The van der Waals surface area contributed by atoms with Crippen LogP contribution in [-0.2, 0) is 63.0 Å². The number of fused-ring (bicyclic) bond motifs is 1. The summed E-state index contributed by atoms with van der Waals surface area (Å²) in [7, 11) is -11.8. The molecule has 0 aliphatic carbocycles. The minimum Gasteiger partial charge on any atom is -0.505 e. The summed E-state index contributed by atoms with van der Waals surface area (Å²) in [6.07, 6.45) is 0.699. The zero-order chi connectivity index (χ0) is 44.7. The minimum atomic E-state index is -5.06. The van der Waals surface area contributed by atoms with Gasteiger partial charge in [-0.15, -0.1) is 10.2 Å². The second-order valence-electron chi connectivity index (χ2n) is 12.8. The van der Waals surface area contributed by atoms with E-state index in [1.807, 2.05) is 41.8 Å². The van der Waals surface area contributed by atoms with Crippen LogP contribution in [0.5, 0.6) is 5.75 Å². The molecule has 0 saturated heterocycles. The number of rotatable bonds is 16. The van der Waals surface area contributed by atoms with Crippen molar-refractivity contribution in [2.24, 2.45) is 24.3 Å². The van der Waals surface area contributed by atoms with Crippen molar-refractivity contribution in [2.45, 2.75) is 43.2 Å². The topological polar surface area (TPSA) is 336 Å². The van der Waals surface area contributed by atoms with E-state index in [2.05, 4.69) is 29.6 Å². The van der Waals surface area contributed by atoms with Crippen molar-refractivity contribution in [1.29, 1.82) is 0 Å². The number of azo groups is 1. The average molecular weight is 897 g/mol. The van der Waals surface area contributed by atoms with Gasteiger partial charge in [0.1, 0.15) is 22.2 Å². The summed E-state index contributed by atoms with van der Waals surface area (Å²) in [5, 5.41) is 26.3. The molecule has 0 atom stereocenters. The Labute approximate surface area is 341 Å². The molecule has 0 fully saturated rings. The lowest BCUT2D eigenvalue weighted by atomic mass is 10.1. The number of phosphoric acid groups is 1. The first kappa shape index (κ1) is 47.3. The number of carbonyl (C=O) groups excluding carboxylic acids is 1. The number of aldehydes is 1. The van der Waals surface area contributed by atoms with Gasteiger partial charge in [0, 0.05) is 45.7 Å². The fourth-order valence-electron chi connectivity index (χ4n) is 5.74. The molecular weight excluding hydrogens is 856 g/mol. The lowest BCUT2D eigenvalue weighted by Gasteiger charge is -2.20. The monoisotopic (exact) mass is 896 g/mol. The van der Waals surface area contributed by atoms with Crippen molar-refractivity contribution in [1.82, 2.24) is 28.6 Å². The molecule has 0 spiro atoms. The standard InChI is InChI=1S/C20H27N5O3.C14H14N3O12PS2/c1-4-24(12-13-26)10-11-25-16(14-15-8-6-5-7-9-15)21-18-17(25)19(27)23(3)20(28)22(18)2;1-7-13(19)9(5-18)10(6-29-30(20,21)22)14(15-7)17-16-11-3-2-8(31(23,24)25)4-12(11)32(26,27)28/h5-9,26H,4,10-14H2,1-3H3;2-5,19H,6H2,1H3,(H2,20,21,22)(H,23,24,25)(H,26,27,28). The lowest BCUT2D eigenvalue weighted by Crippen LogP contribution is -2.38. The van der Waals surface area contributed by atoms with Crippen LogP contribution < -0.4 is 11.2 Å². The van der Waals surface area contributed by atoms with Crippen molar-refractivity contribution in [3.63, 3.8) is 0 Å². The number of aromatic nitrogens is 5. The Morgan fingerprint density at radius 2 is 1.62 bits per heavy atom. The predicted octanol–water partition coefficient (Wildman–Crippen LogP) is 1.76. The van der Waals surface area contributed by atoms with Gasteiger partial charge in [0.25, 0.3) is 25.8 Å². The number of hydrogen-bond donors (Lipinski definition) is 6. The minimum absolute atomic E-state index is 0.0889. The van der Waals surface area contributed by atoms with Gasteiger partial charge in [0.05, 0.1) is 29.4 Å². The first-order chi connectivity index (χ1) is 28.0. The van der Waals surface area contributed by atoms with Gasteiger partial charge in [-0.3, -0.25) is 37.3 Å². The molecule has 0 aliphatic rings. The van der Waals surface area contributed by atoms with Gasteiger partial charge < -0.3 is 24.6 Å². The highest BCUT2D eigenvalue weighted by atomic mass is 32.2. The maximum atomic E-state index is 12.9. The summed E-state index contributed by atoms with van der Waals surface area (Å²) in [5.41, 5.74) is -0.475. The van der Waals surface area contributed by atoms with Gasteiger partial charge in [0.15, 0.2) is 23.3 Å². The molecule has 26 heteroatoms. The van der Waals surface area contributed by atoms with Crippen LogP contribution in [0.1, 0.15) is 39.9 Å². The number of hydrogen-bond acceptors (Lipinski definition) is 16. The zero-order valence-corrected chi connectivity index (χ0v) is 34.9. The fourth-order valence-corrected chi connectivity index (χ4v) is 7.27. The molecule has 6 N–H and O–H groups in total. The van der Waals surface area contributed by atoms with Gasteiger partial charge in [-0.25, -0.2) is 19.3 Å². The molecule has 23 nitrogen and oxygen atoms in total. The van der Waals surface area contributed by atoms with Crippen LogP contribution in [0.4, 0.5) is 11.5 Å². The van der Waals surface area contributed by atoms with E-state index in [0.29, 0.717) is 43.3 Å². The van der Waals surface area contributed by atoms with Crippen molar-refractivity contribution in [3.05, 3.63) is 97.6 Å². The first-order valence-corrected chi connectivity index (χ1v) is 21.8. The van der Waals surface area contributed by atoms with E-state index in [4.69, 9.17) is 14.3 Å². The highest BCUT2D eigenvalue weighted by Crippen LogP contribution is 2.40. The normalized spacial score (nSPS) is 12.3. The number of nitrogens with zero attached hydrogens (tertiary/aromatic N) is 8. The van der Waals surface area contributed by atoms with Gasteiger partial charge in [-0.05, 0) is 37.2 Å². The average Bonchev–Trinajstić information content (AvgIpc) is 3.54. The van der Waals surface area contributed by atoms with Crippen LogP contribution in [0.25, 0.3) is 11.2 Å². The van der Waals surface area contributed by atoms with Gasteiger partial charge >= 0.3 is 13.5 Å². The number of aliphatic hydroxyl groups is 1. The van der Waals surface area contributed by atoms with Gasteiger partial charge in [-0.2, -0.15) is 16.8 Å². The van der Waals surface area contributed by atoms with Crippen LogP contribution >= 0.6 is 7.82 Å². The van der Waals surface area contributed by atoms with Gasteiger partial charge in [-0.1, -0.05) is 37.3 Å². The van der Waals surface area contributed by atoms with E-state index >= 15 is 0 Å². The Bertz CT molecular complexity index is 2820. The summed E-state index contributed by atoms with van der Waals surface area (Å²) < 4.78 is 83.8. The van der Waals surface area contributed by atoms with Gasteiger partial charge in [0.2, 0.25) is 0 Å². The van der Waals surface area contributed by atoms with E-state index in [1.165, 1.54) is 18.5 Å². The van der Waals surface area contributed by atoms with Crippen LogP contribution in [-0.4, -0.2) is 107 Å². The number of aryl methyl sites for hydroxylation is 2. The summed E-state index contributed by atoms with van der Waals surface area (Å²) >= 11 is 0. The van der Waals surface area contributed by atoms with Crippen LogP contribution in [0.2, 0.25) is 0 Å². The Morgan fingerprint density at radius 3 is 2.18 bits per heavy atom. The molecule has 60 heavy (non-hydrogen) atoms. The molecule has 0 bridgehead atoms. The summed E-state index contributed by atoms with van der Waals surface area (Å²) in [6.45, 7) is 5.03. The van der Waals surface area contributed by atoms with Crippen LogP contribution in [0.15, 0.2) is 78.1 Å². The highest BCUT2D eigenvalue weighted by molar-refractivity contribution is 7.86. The van der Waals surface area contributed by atoms with E-state index in [1.54, 1.807) is 7.05 Å². The second-order valence-corrected chi connectivity index (χ2v) is 16.9. The van der Waals surface area contributed by atoms with E-state index in [-0.39, 0.29) is 29.8 Å². The highest BCUT2D eigenvalue weighted by Gasteiger charge is 2.24. The molecule has 324 valence electrons. The summed E-state index contributed by atoms with van der Waals surface area (Å²) in [5.74, 6) is -0.407. The Balaban J connectivity index is 0.000000267. The number of likely N-dealkylation sites (N-methyl/N-ethyl adjacent to an activating group) is 1. The van der Waals surface area contributed by atoms with Crippen molar-refractivity contribution >= 4 is 57.0 Å². The van der Waals surface area contributed by atoms with E-state index in [0.717, 1.165) is 34.6 Å². The maximum Gasteiger partial charge on any atom is 0.469 e. The third-order valence-corrected chi connectivity index (χ3v) is 11.1. The number of aliphatic hydroxyl groups excluding tert-OH is 1. The summed E-state index contributed by atoms with van der Waals surface area (Å²) in [4.78, 5) is 63.0. The number of benzene rings is 2. The molecule has 3 aromatic heterocycles. The van der Waals surface area contributed by atoms with E-state index in [9.17, 15) is 50.6 Å². The molecular formula is C34H41N8O15PS2. The predicted molar refractivity (Wildman–Crippen MR) is 212 cm³/mol.